The summed E-state index contributed by atoms with van der Waals surface area (Å²) in [5.41, 5.74) is 1.44. The first-order chi connectivity index (χ1) is 6.43. The molecule has 0 bridgehead atoms. The molecule has 1 aromatic heterocycles. The highest BCUT2D eigenvalue weighted by Gasteiger charge is 2.15. The van der Waals surface area contributed by atoms with Gasteiger partial charge >= 0.3 is 0 Å². The van der Waals surface area contributed by atoms with Gasteiger partial charge in [0.2, 0.25) is 0 Å². The number of thiol groups is 1. The minimum Gasteiger partial charge on any atom is -0.293 e. The van der Waals surface area contributed by atoms with Crippen molar-refractivity contribution < 1.29 is 4.79 Å². The molecule has 0 aromatic carbocycles. The molecule has 0 saturated carbocycles. The van der Waals surface area contributed by atoms with Crippen LogP contribution in [0.25, 0.3) is 0 Å². The molecule has 0 aliphatic heterocycles. The van der Waals surface area contributed by atoms with Crippen LogP contribution in [-0.2, 0) is 6.54 Å². The molecule has 0 fully saturated rings. The summed E-state index contributed by atoms with van der Waals surface area (Å²) < 4.78 is 1.85. The second-order valence-electron chi connectivity index (χ2n) is 3.91. The summed E-state index contributed by atoms with van der Waals surface area (Å²) in [5.74, 6) is 0.488. The average molecular weight is 212 g/mol. The average Bonchev–Trinajstić information content (AvgIpc) is 2.32. The van der Waals surface area contributed by atoms with Gasteiger partial charge in [-0.3, -0.25) is 9.48 Å². The highest BCUT2D eigenvalue weighted by atomic mass is 32.1. The molecule has 1 aromatic rings. The molecule has 78 valence electrons. The number of ketones is 1. The first-order valence-electron chi connectivity index (χ1n) is 4.70. The molecule has 0 unspecified atom stereocenters. The van der Waals surface area contributed by atoms with Crippen molar-refractivity contribution in [1.82, 2.24) is 9.78 Å². The van der Waals surface area contributed by atoms with Crippen molar-refractivity contribution in [2.45, 2.75) is 39.1 Å². The second-order valence-corrected chi connectivity index (χ2v) is 4.36. The van der Waals surface area contributed by atoms with Gasteiger partial charge in [0.15, 0.2) is 5.78 Å². The van der Waals surface area contributed by atoms with Crippen LogP contribution in [-0.4, -0.2) is 15.6 Å². The Morgan fingerprint density at radius 3 is 2.50 bits per heavy atom. The van der Waals surface area contributed by atoms with Gasteiger partial charge in [-0.2, -0.15) is 5.10 Å². The molecular formula is C10H16N2OS. The molecule has 0 aliphatic carbocycles. The van der Waals surface area contributed by atoms with E-state index in [9.17, 15) is 4.79 Å². The van der Waals surface area contributed by atoms with Crippen LogP contribution in [0, 0.1) is 12.8 Å². The van der Waals surface area contributed by atoms with E-state index in [4.69, 9.17) is 0 Å². The van der Waals surface area contributed by atoms with Gasteiger partial charge < -0.3 is 0 Å². The van der Waals surface area contributed by atoms with Crippen molar-refractivity contribution in [3.8, 4) is 0 Å². The number of carbonyl (C=O) groups is 1. The summed E-state index contributed by atoms with van der Waals surface area (Å²) in [6.45, 7) is 8.51. The lowest BCUT2D eigenvalue weighted by Gasteiger charge is -2.06. The van der Waals surface area contributed by atoms with Gasteiger partial charge in [0.1, 0.15) is 5.69 Å². The molecule has 0 spiro atoms. The van der Waals surface area contributed by atoms with Crippen LogP contribution in [0.2, 0.25) is 0 Å². The summed E-state index contributed by atoms with van der Waals surface area (Å²) in [4.78, 5) is 11.9. The van der Waals surface area contributed by atoms with E-state index < -0.39 is 0 Å². The summed E-state index contributed by atoms with van der Waals surface area (Å²) in [7, 11) is 0. The number of rotatable bonds is 3. The van der Waals surface area contributed by atoms with Gasteiger partial charge in [-0.1, -0.05) is 13.8 Å². The smallest absolute Gasteiger partial charge is 0.181 e. The number of carbonyl (C=O) groups excluding carboxylic acids is 1. The van der Waals surface area contributed by atoms with Crippen LogP contribution in [0.1, 0.15) is 37.0 Å². The Labute approximate surface area is 89.9 Å². The largest absolute Gasteiger partial charge is 0.293 e. The Morgan fingerprint density at radius 2 is 2.14 bits per heavy atom. The third-order valence-corrected chi connectivity index (χ3v) is 2.58. The fourth-order valence-corrected chi connectivity index (χ4v) is 1.62. The molecule has 3 nitrogen and oxygen atoms in total. The zero-order valence-electron chi connectivity index (χ0n) is 9.03. The highest BCUT2D eigenvalue weighted by Crippen LogP contribution is 2.19. The molecule has 0 N–H and O–H groups in total. The van der Waals surface area contributed by atoms with E-state index in [1.165, 1.54) is 6.92 Å². The molecule has 0 aliphatic rings. The normalized spacial score (nSPS) is 11.0. The maximum absolute atomic E-state index is 11.2. The number of aromatic nitrogens is 2. The minimum atomic E-state index is -0.0272. The lowest BCUT2D eigenvalue weighted by molar-refractivity contribution is 0.100. The quantitative estimate of drug-likeness (QED) is 0.616. The van der Waals surface area contributed by atoms with Crippen LogP contribution < -0.4 is 0 Å². The zero-order valence-corrected chi connectivity index (χ0v) is 9.93. The van der Waals surface area contributed by atoms with Gasteiger partial charge in [-0.05, 0) is 12.8 Å². The van der Waals surface area contributed by atoms with Crippen LogP contribution in [0.15, 0.2) is 4.90 Å². The number of hydrogen-bond acceptors (Lipinski definition) is 3. The first-order valence-corrected chi connectivity index (χ1v) is 5.15. The minimum absolute atomic E-state index is 0.0272. The van der Waals surface area contributed by atoms with E-state index in [1.54, 1.807) is 0 Å². The molecule has 4 heteroatoms. The van der Waals surface area contributed by atoms with E-state index in [2.05, 4.69) is 31.6 Å². The van der Waals surface area contributed by atoms with Gasteiger partial charge in [0.05, 0.1) is 4.90 Å². The predicted molar refractivity (Wildman–Crippen MR) is 59.1 cm³/mol. The third-order valence-electron chi connectivity index (χ3n) is 2.05. The lowest BCUT2D eigenvalue weighted by atomic mass is 10.2. The Morgan fingerprint density at radius 1 is 1.57 bits per heavy atom. The molecule has 1 rings (SSSR count). The predicted octanol–water partition coefficient (Wildman–Crippen LogP) is 2.34. The number of Topliss-reactive ketones (excluding diaryl/α,β-unsaturated/α-hetero) is 1. The maximum atomic E-state index is 11.2. The van der Waals surface area contributed by atoms with Crippen LogP contribution in [0.5, 0.6) is 0 Å². The summed E-state index contributed by atoms with van der Waals surface area (Å²) in [6, 6.07) is 0. The lowest BCUT2D eigenvalue weighted by Crippen LogP contribution is -2.08. The van der Waals surface area contributed by atoms with Crippen molar-refractivity contribution in [3.63, 3.8) is 0 Å². The molecular weight excluding hydrogens is 196 g/mol. The van der Waals surface area contributed by atoms with Crippen LogP contribution >= 0.6 is 12.6 Å². The Bertz CT molecular complexity index is 355. The number of hydrogen-bond donors (Lipinski definition) is 1. The van der Waals surface area contributed by atoms with Crippen molar-refractivity contribution in [2.75, 3.05) is 0 Å². The maximum Gasteiger partial charge on any atom is 0.181 e. The van der Waals surface area contributed by atoms with Crippen molar-refractivity contribution >= 4 is 18.4 Å². The van der Waals surface area contributed by atoms with Gasteiger partial charge in [-0.25, -0.2) is 0 Å². The third kappa shape index (κ3) is 2.18. The Kier molecular flexibility index (Phi) is 3.37. The van der Waals surface area contributed by atoms with E-state index in [1.807, 2.05) is 11.6 Å². The monoisotopic (exact) mass is 212 g/mol. The van der Waals surface area contributed by atoms with Crippen molar-refractivity contribution in [3.05, 3.63) is 11.4 Å². The molecule has 0 amide bonds. The van der Waals surface area contributed by atoms with Gasteiger partial charge in [0.25, 0.3) is 0 Å². The van der Waals surface area contributed by atoms with Crippen molar-refractivity contribution in [2.24, 2.45) is 5.92 Å². The molecule has 14 heavy (non-hydrogen) atoms. The number of nitrogens with zero attached hydrogens (tertiary/aromatic N) is 2. The van der Waals surface area contributed by atoms with Gasteiger partial charge in [0, 0.05) is 19.2 Å². The van der Waals surface area contributed by atoms with Crippen LogP contribution in [0.3, 0.4) is 0 Å². The fourth-order valence-electron chi connectivity index (χ4n) is 1.30. The van der Waals surface area contributed by atoms with E-state index >= 15 is 0 Å². The first kappa shape index (κ1) is 11.3. The molecule has 1 heterocycles. The van der Waals surface area contributed by atoms with E-state index in [0.717, 1.165) is 12.2 Å². The molecule has 0 radical (unpaired) electrons. The molecule has 0 saturated heterocycles. The summed E-state index contributed by atoms with van der Waals surface area (Å²) >= 11 is 4.29. The molecule has 0 atom stereocenters. The standard InChI is InChI=1S/C10H16N2OS/c1-6(2)5-12-7(3)10(14)9(11-12)8(4)13/h6,14H,5H2,1-4H3. The summed E-state index contributed by atoms with van der Waals surface area (Å²) in [5, 5.41) is 4.24. The van der Waals surface area contributed by atoms with E-state index in [-0.39, 0.29) is 5.78 Å². The van der Waals surface area contributed by atoms with Gasteiger partial charge in [-0.15, -0.1) is 12.6 Å². The fraction of sp³-hybridized carbons (Fsp3) is 0.600. The van der Waals surface area contributed by atoms with Crippen LogP contribution in [0.4, 0.5) is 0 Å². The Hall–Kier alpha value is -0.770. The Balaban J connectivity index is 3.08. The summed E-state index contributed by atoms with van der Waals surface area (Å²) in [6.07, 6.45) is 0. The van der Waals surface area contributed by atoms with E-state index in [0.29, 0.717) is 16.5 Å². The zero-order chi connectivity index (χ0) is 10.9. The van der Waals surface area contributed by atoms with Crippen molar-refractivity contribution in [1.29, 1.82) is 0 Å². The highest BCUT2D eigenvalue weighted by molar-refractivity contribution is 7.80. The SMILES string of the molecule is CC(=O)c1nn(CC(C)C)c(C)c1S. The second kappa shape index (κ2) is 4.17. The topological polar surface area (TPSA) is 34.9 Å².